The van der Waals surface area contributed by atoms with Gasteiger partial charge in [-0.15, -0.1) is 0 Å². The molecule has 0 spiro atoms. The van der Waals surface area contributed by atoms with Gasteiger partial charge in [0.1, 0.15) is 11.8 Å². The molecule has 25 heavy (non-hydrogen) atoms. The molecule has 3 rings (SSSR count). The van der Waals surface area contributed by atoms with E-state index in [1.54, 1.807) is 24.3 Å². The van der Waals surface area contributed by atoms with E-state index in [2.05, 4.69) is 5.32 Å². The van der Waals surface area contributed by atoms with Crippen LogP contribution in [0.4, 0.5) is 4.79 Å². The first-order chi connectivity index (χ1) is 12.1. The van der Waals surface area contributed by atoms with Crippen LogP contribution in [0.1, 0.15) is 31.4 Å². The van der Waals surface area contributed by atoms with Crippen LogP contribution in [0.25, 0.3) is 0 Å². The topological polar surface area (TPSA) is 58.6 Å². The second-order valence-electron chi connectivity index (χ2n) is 6.17. The van der Waals surface area contributed by atoms with Crippen molar-refractivity contribution in [3.05, 3.63) is 66.2 Å². The van der Waals surface area contributed by atoms with Crippen LogP contribution in [0.3, 0.4) is 0 Å². The van der Waals surface area contributed by atoms with Gasteiger partial charge >= 0.3 is 6.09 Å². The number of para-hydroxylation sites is 1. The Morgan fingerprint density at radius 1 is 1.08 bits per heavy atom. The lowest BCUT2D eigenvalue weighted by Gasteiger charge is -2.25. The van der Waals surface area contributed by atoms with Crippen LogP contribution >= 0.6 is 0 Å². The Labute approximate surface area is 147 Å². The molecule has 0 radical (unpaired) electrons. The molecule has 1 saturated heterocycles. The molecule has 0 bridgehead atoms. The molecule has 1 N–H and O–H groups in total. The fourth-order valence-corrected chi connectivity index (χ4v) is 3.04. The Hall–Kier alpha value is -2.82. The maximum Gasteiger partial charge on any atom is 0.415 e. The molecular formula is C20H22N2O3. The molecule has 2 amide bonds. The molecule has 2 aromatic rings. The van der Waals surface area contributed by atoms with Crippen molar-refractivity contribution >= 4 is 12.0 Å². The second kappa shape index (κ2) is 7.83. The number of hydrogen-bond acceptors (Lipinski definition) is 3. The minimum atomic E-state index is -0.484. The third kappa shape index (κ3) is 4.18. The van der Waals surface area contributed by atoms with Crippen LogP contribution in [0.2, 0.25) is 0 Å². The monoisotopic (exact) mass is 338 g/mol. The van der Waals surface area contributed by atoms with E-state index in [4.69, 9.17) is 4.74 Å². The minimum absolute atomic E-state index is 0.110. The first-order valence-electron chi connectivity index (χ1n) is 8.54. The van der Waals surface area contributed by atoms with Gasteiger partial charge in [0.25, 0.3) is 0 Å². The number of benzene rings is 2. The van der Waals surface area contributed by atoms with Gasteiger partial charge in [-0.1, -0.05) is 48.5 Å². The van der Waals surface area contributed by atoms with Crippen LogP contribution in [0.15, 0.2) is 60.7 Å². The third-order valence-electron chi connectivity index (χ3n) is 4.40. The van der Waals surface area contributed by atoms with Crippen molar-refractivity contribution in [2.24, 2.45) is 0 Å². The van der Waals surface area contributed by atoms with E-state index >= 15 is 0 Å². The van der Waals surface area contributed by atoms with Crippen molar-refractivity contribution in [3.63, 3.8) is 0 Å². The van der Waals surface area contributed by atoms with Crippen molar-refractivity contribution in [1.82, 2.24) is 10.2 Å². The average Bonchev–Trinajstić information content (AvgIpc) is 3.13. The van der Waals surface area contributed by atoms with Gasteiger partial charge in [0.2, 0.25) is 5.91 Å². The van der Waals surface area contributed by atoms with Crippen LogP contribution < -0.4 is 10.1 Å². The summed E-state index contributed by atoms with van der Waals surface area (Å²) in [5.41, 5.74) is 1.03. The Balaban J connectivity index is 1.62. The van der Waals surface area contributed by atoms with Crippen molar-refractivity contribution in [1.29, 1.82) is 0 Å². The fourth-order valence-electron chi connectivity index (χ4n) is 3.04. The summed E-state index contributed by atoms with van der Waals surface area (Å²) in [5, 5.41) is 3.00. The van der Waals surface area contributed by atoms with E-state index in [9.17, 15) is 9.59 Å². The number of amides is 2. The van der Waals surface area contributed by atoms with E-state index in [1.807, 2.05) is 43.3 Å². The first kappa shape index (κ1) is 17.0. The van der Waals surface area contributed by atoms with E-state index in [0.29, 0.717) is 18.7 Å². The van der Waals surface area contributed by atoms with Crippen molar-refractivity contribution < 1.29 is 14.3 Å². The molecule has 1 heterocycles. The molecule has 2 aromatic carbocycles. The predicted molar refractivity (Wildman–Crippen MR) is 95.2 cm³/mol. The molecule has 130 valence electrons. The molecule has 0 saturated carbocycles. The number of carbonyl (C=O) groups excluding carboxylic acids is 2. The standard InChI is InChI=1S/C20H22N2O3/c1-15(16-9-4-2-5-10-16)21-19(23)18-13-8-14-22(18)20(24)25-17-11-6-3-7-12-17/h2-7,9-12,15,18H,8,13-14H2,1H3,(H,21,23)/t15-,18+/m0/s1. The van der Waals surface area contributed by atoms with Gasteiger partial charge in [-0.25, -0.2) is 4.79 Å². The lowest BCUT2D eigenvalue weighted by Crippen LogP contribution is -2.47. The zero-order chi connectivity index (χ0) is 17.6. The quantitative estimate of drug-likeness (QED) is 0.928. The summed E-state index contributed by atoms with van der Waals surface area (Å²) in [6.45, 7) is 2.47. The average molecular weight is 338 g/mol. The number of rotatable bonds is 4. The lowest BCUT2D eigenvalue weighted by atomic mass is 10.1. The van der Waals surface area contributed by atoms with E-state index < -0.39 is 12.1 Å². The van der Waals surface area contributed by atoms with Crippen LogP contribution in [-0.2, 0) is 4.79 Å². The van der Waals surface area contributed by atoms with Crippen molar-refractivity contribution in [2.75, 3.05) is 6.54 Å². The summed E-state index contributed by atoms with van der Waals surface area (Å²) in [4.78, 5) is 26.6. The highest BCUT2D eigenvalue weighted by molar-refractivity contribution is 5.87. The number of hydrogen-bond donors (Lipinski definition) is 1. The molecule has 1 fully saturated rings. The van der Waals surface area contributed by atoms with Crippen LogP contribution in [0.5, 0.6) is 5.75 Å². The molecule has 2 atom stereocenters. The number of nitrogens with zero attached hydrogens (tertiary/aromatic N) is 1. The fraction of sp³-hybridized carbons (Fsp3) is 0.300. The maximum atomic E-state index is 12.6. The molecule has 0 unspecified atom stereocenters. The van der Waals surface area contributed by atoms with Gasteiger partial charge in [-0.3, -0.25) is 9.69 Å². The van der Waals surface area contributed by atoms with E-state index in [-0.39, 0.29) is 11.9 Å². The van der Waals surface area contributed by atoms with Crippen molar-refractivity contribution in [3.8, 4) is 5.75 Å². The van der Waals surface area contributed by atoms with Gasteiger partial charge in [0.05, 0.1) is 6.04 Å². The molecule has 0 aromatic heterocycles. The SMILES string of the molecule is C[C@H](NC(=O)[C@H]1CCCN1C(=O)Oc1ccccc1)c1ccccc1. The van der Waals surface area contributed by atoms with Crippen LogP contribution in [-0.4, -0.2) is 29.5 Å². The zero-order valence-electron chi connectivity index (χ0n) is 14.2. The van der Waals surface area contributed by atoms with Gasteiger partial charge in [0.15, 0.2) is 0 Å². The highest BCUT2D eigenvalue weighted by Crippen LogP contribution is 2.21. The summed E-state index contributed by atoms with van der Waals surface area (Å²) in [7, 11) is 0. The molecule has 0 aliphatic carbocycles. The highest BCUT2D eigenvalue weighted by atomic mass is 16.6. The van der Waals surface area contributed by atoms with E-state index in [0.717, 1.165) is 12.0 Å². The Bertz CT molecular complexity index is 718. The largest absolute Gasteiger partial charge is 0.415 e. The highest BCUT2D eigenvalue weighted by Gasteiger charge is 2.35. The van der Waals surface area contributed by atoms with Gasteiger partial charge in [0, 0.05) is 6.54 Å². The number of carbonyl (C=O) groups is 2. The number of likely N-dealkylation sites (tertiary alicyclic amines) is 1. The third-order valence-corrected chi connectivity index (χ3v) is 4.40. The minimum Gasteiger partial charge on any atom is -0.410 e. The number of ether oxygens (including phenoxy) is 1. The summed E-state index contributed by atoms with van der Waals surface area (Å²) >= 11 is 0. The Morgan fingerprint density at radius 3 is 2.40 bits per heavy atom. The molecule has 5 heteroatoms. The maximum absolute atomic E-state index is 12.6. The van der Waals surface area contributed by atoms with Crippen molar-refractivity contribution in [2.45, 2.75) is 31.8 Å². The van der Waals surface area contributed by atoms with Gasteiger partial charge in [-0.2, -0.15) is 0 Å². The summed E-state index contributed by atoms with van der Waals surface area (Å²) < 4.78 is 5.38. The zero-order valence-corrected chi connectivity index (χ0v) is 14.2. The molecule has 1 aliphatic rings. The Kier molecular flexibility index (Phi) is 5.33. The summed E-state index contributed by atoms with van der Waals surface area (Å²) in [5.74, 6) is 0.343. The Morgan fingerprint density at radius 2 is 1.72 bits per heavy atom. The summed E-state index contributed by atoms with van der Waals surface area (Å²) in [6.07, 6.45) is 0.968. The lowest BCUT2D eigenvalue weighted by molar-refractivity contribution is -0.125. The molecule has 1 aliphatic heterocycles. The van der Waals surface area contributed by atoms with E-state index in [1.165, 1.54) is 4.90 Å². The van der Waals surface area contributed by atoms with Gasteiger partial charge < -0.3 is 10.1 Å². The van der Waals surface area contributed by atoms with Gasteiger partial charge in [-0.05, 0) is 37.5 Å². The molecule has 5 nitrogen and oxygen atoms in total. The molecular weight excluding hydrogens is 316 g/mol. The normalized spacial score (nSPS) is 17.8. The number of nitrogens with one attached hydrogen (secondary N) is 1. The van der Waals surface area contributed by atoms with Crippen LogP contribution in [0, 0.1) is 0 Å². The second-order valence-corrected chi connectivity index (χ2v) is 6.17. The summed E-state index contributed by atoms with van der Waals surface area (Å²) in [6, 6.07) is 18.1. The predicted octanol–water partition coefficient (Wildman–Crippen LogP) is 3.53. The first-order valence-corrected chi connectivity index (χ1v) is 8.54. The smallest absolute Gasteiger partial charge is 0.410 e.